The number of benzene rings is 2. The maximum Gasteiger partial charge on any atom is 0.432 e. The van der Waals surface area contributed by atoms with Gasteiger partial charge in [-0.1, -0.05) is 44.4 Å². The molecule has 0 aliphatic carbocycles. The van der Waals surface area contributed by atoms with Gasteiger partial charge in [0.2, 0.25) is 5.91 Å². The average Bonchev–Trinajstić information content (AvgIpc) is 2.87. The number of ether oxygens (including phenoxy) is 2. The van der Waals surface area contributed by atoms with Crippen LogP contribution in [0, 0.1) is 11.6 Å². The van der Waals surface area contributed by atoms with E-state index >= 15 is 0 Å². The van der Waals surface area contributed by atoms with Crippen molar-refractivity contribution in [1.29, 1.82) is 0 Å². The number of alkyl halides is 2. The number of amides is 1. The van der Waals surface area contributed by atoms with Crippen molar-refractivity contribution in [1.82, 2.24) is 5.32 Å². The molecule has 2 aromatic rings. The predicted octanol–water partition coefficient (Wildman–Crippen LogP) is 7.16. The molecule has 0 aliphatic rings. The topological polar surface area (TPSA) is 64.6 Å². The molecule has 0 fully saturated rings. The molecular formula is C30H37F4NO4. The average molecular weight is 552 g/mol. The smallest absolute Gasteiger partial charge is 0.432 e. The van der Waals surface area contributed by atoms with Crippen molar-refractivity contribution in [2.24, 2.45) is 0 Å². The van der Waals surface area contributed by atoms with Crippen LogP contribution in [0.25, 0.3) is 0 Å². The van der Waals surface area contributed by atoms with E-state index in [-0.39, 0.29) is 11.7 Å². The summed E-state index contributed by atoms with van der Waals surface area (Å²) in [6.07, 6.45) is 4.48. The summed E-state index contributed by atoms with van der Waals surface area (Å²) in [6.45, 7) is 5.69. The van der Waals surface area contributed by atoms with Gasteiger partial charge < -0.3 is 14.8 Å². The molecule has 0 saturated heterocycles. The van der Waals surface area contributed by atoms with E-state index in [0.717, 1.165) is 75.1 Å². The molecule has 0 atom stereocenters. The van der Waals surface area contributed by atoms with E-state index in [1.54, 1.807) is 12.1 Å². The molecule has 39 heavy (non-hydrogen) atoms. The molecule has 0 unspecified atom stereocenters. The highest BCUT2D eigenvalue weighted by molar-refractivity contribution is 5.81. The lowest BCUT2D eigenvalue weighted by Gasteiger charge is -2.20. The number of halogens is 4. The van der Waals surface area contributed by atoms with Gasteiger partial charge in [0.1, 0.15) is 22.9 Å². The summed E-state index contributed by atoms with van der Waals surface area (Å²) in [5.41, 5.74) is -0.196. The highest BCUT2D eigenvalue weighted by Gasteiger charge is 2.41. The number of carbonyl (C=O) groups is 2. The number of unbranched alkanes of at least 4 members (excludes halogenated alkanes) is 6. The predicted molar refractivity (Wildman–Crippen MR) is 142 cm³/mol. The van der Waals surface area contributed by atoms with Crippen LogP contribution in [0.15, 0.2) is 49.1 Å². The van der Waals surface area contributed by atoms with Gasteiger partial charge in [0.25, 0.3) is 0 Å². The molecule has 9 heteroatoms. The Morgan fingerprint density at radius 3 is 2.03 bits per heavy atom. The Balaban J connectivity index is 1.81. The second-order valence-electron chi connectivity index (χ2n) is 9.38. The number of nitrogens with one attached hydrogen (secondary N) is 1. The van der Waals surface area contributed by atoms with Crippen LogP contribution in [-0.2, 0) is 33.3 Å². The van der Waals surface area contributed by atoms with Crippen molar-refractivity contribution in [3.63, 3.8) is 0 Å². The van der Waals surface area contributed by atoms with E-state index in [2.05, 4.69) is 11.9 Å². The first-order valence-electron chi connectivity index (χ1n) is 13.3. The largest absolute Gasteiger partial charge is 0.463 e. The molecule has 0 radical (unpaired) electrons. The Morgan fingerprint density at radius 2 is 1.44 bits per heavy atom. The second-order valence-corrected chi connectivity index (χ2v) is 9.38. The third kappa shape index (κ3) is 11.9. The van der Waals surface area contributed by atoms with Gasteiger partial charge >= 0.3 is 12.1 Å². The fourth-order valence-electron chi connectivity index (χ4n) is 4.06. The SMILES string of the molecule is C=CC(=O)OCCCCCCc1ccc(OC(F)(F)c2c(F)cc(CCCCCCNC(C)=O)cc2F)cc1. The fraction of sp³-hybridized carbons (Fsp3) is 0.467. The molecule has 5 nitrogen and oxygen atoms in total. The van der Waals surface area contributed by atoms with Crippen LogP contribution in [-0.4, -0.2) is 25.0 Å². The molecule has 0 aliphatic heterocycles. The Hall–Kier alpha value is -3.36. The van der Waals surface area contributed by atoms with Gasteiger partial charge in [-0.25, -0.2) is 13.6 Å². The molecule has 0 bridgehead atoms. The maximum absolute atomic E-state index is 14.7. The van der Waals surface area contributed by atoms with Crippen molar-refractivity contribution in [3.8, 4) is 5.75 Å². The quantitative estimate of drug-likeness (QED) is 0.0924. The van der Waals surface area contributed by atoms with E-state index in [1.807, 2.05) is 0 Å². The Bertz CT molecular complexity index is 1050. The lowest BCUT2D eigenvalue weighted by atomic mass is 10.0. The number of hydrogen-bond acceptors (Lipinski definition) is 4. The van der Waals surface area contributed by atoms with Gasteiger partial charge in [0.05, 0.1) is 6.61 Å². The summed E-state index contributed by atoms with van der Waals surface area (Å²) in [7, 11) is 0. The highest BCUT2D eigenvalue weighted by atomic mass is 19.3. The van der Waals surface area contributed by atoms with Crippen LogP contribution in [0.1, 0.15) is 75.0 Å². The minimum absolute atomic E-state index is 0.0934. The molecule has 1 N–H and O–H groups in total. The van der Waals surface area contributed by atoms with Crippen molar-refractivity contribution in [2.45, 2.75) is 77.2 Å². The molecular weight excluding hydrogens is 514 g/mol. The molecule has 214 valence electrons. The first kappa shape index (κ1) is 31.9. The van der Waals surface area contributed by atoms with Gasteiger partial charge in [-0.3, -0.25) is 4.79 Å². The van der Waals surface area contributed by atoms with Gasteiger partial charge in [0, 0.05) is 19.5 Å². The fourth-order valence-corrected chi connectivity index (χ4v) is 4.06. The summed E-state index contributed by atoms with van der Waals surface area (Å²) in [5, 5.41) is 2.69. The van der Waals surface area contributed by atoms with Crippen molar-refractivity contribution >= 4 is 11.9 Å². The number of esters is 1. The molecule has 2 rings (SSSR count). The third-order valence-electron chi connectivity index (χ3n) is 6.10. The molecule has 0 saturated carbocycles. The summed E-state index contributed by atoms with van der Waals surface area (Å²) in [4.78, 5) is 21.8. The van der Waals surface area contributed by atoms with Gasteiger partial charge in [-0.2, -0.15) is 8.78 Å². The summed E-state index contributed by atoms with van der Waals surface area (Å²) in [5.74, 6) is -3.43. The number of carbonyl (C=O) groups excluding carboxylic acids is 2. The lowest BCUT2D eigenvalue weighted by Crippen LogP contribution is -2.25. The van der Waals surface area contributed by atoms with Crippen molar-refractivity contribution < 1.29 is 36.6 Å². The zero-order valence-corrected chi connectivity index (χ0v) is 22.4. The Morgan fingerprint density at radius 1 is 0.872 bits per heavy atom. The van der Waals surface area contributed by atoms with Crippen LogP contribution in [0.5, 0.6) is 5.75 Å². The maximum atomic E-state index is 14.7. The zero-order valence-electron chi connectivity index (χ0n) is 22.4. The van der Waals surface area contributed by atoms with Crippen LogP contribution < -0.4 is 10.1 Å². The van der Waals surface area contributed by atoms with Crippen LogP contribution in [0.4, 0.5) is 17.6 Å². The third-order valence-corrected chi connectivity index (χ3v) is 6.10. The molecule has 0 spiro atoms. The van der Waals surface area contributed by atoms with E-state index < -0.39 is 29.3 Å². The van der Waals surface area contributed by atoms with Gasteiger partial charge in [-0.15, -0.1) is 0 Å². The molecule has 0 heterocycles. The minimum atomic E-state index is -4.19. The molecule has 2 aromatic carbocycles. The van der Waals surface area contributed by atoms with E-state index in [0.29, 0.717) is 31.6 Å². The zero-order chi connectivity index (χ0) is 28.7. The highest BCUT2D eigenvalue weighted by Crippen LogP contribution is 2.35. The standard InChI is InChI=1S/C30H37F4NO4/c1-3-28(37)38-19-11-7-5-8-12-23-14-16-25(17-15-23)39-30(33,34)29-26(31)20-24(21-27(29)32)13-9-4-6-10-18-35-22(2)36/h3,14-17,20-21H,1,4-13,18-19H2,2H3,(H,35,36). The number of aryl methyl sites for hydroxylation is 2. The van der Waals surface area contributed by atoms with Gasteiger partial charge in [-0.05, 0) is 73.9 Å². The Kier molecular flexibility index (Phi) is 13.5. The van der Waals surface area contributed by atoms with E-state index in [9.17, 15) is 27.2 Å². The summed E-state index contributed by atoms with van der Waals surface area (Å²) in [6, 6.07) is 7.85. The van der Waals surface area contributed by atoms with E-state index in [4.69, 9.17) is 9.47 Å². The molecule has 0 aromatic heterocycles. The lowest BCUT2D eigenvalue weighted by molar-refractivity contribution is -0.189. The summed E-state index contributed by atoms with van der Waals surface area (Å²) >= 11 is 0. The summed E-state index contributed by atoms with van der Waals surface area (Å²) < 4.78 is 68.2. The van der Waals surface area contributed by atoms with Crippen LogP contribution >= 0.6 is 0 Å². The van der Waals surface area contributed by atoms with E-state index in [1.165, 1.54) is 19.1 Å². The molecule has 1 amide bonds. The normalized spacial score (nSPS) is 11.2. The minimum Gasteiger partial charge on any atom is -0.463 e. The first-order chi connectivity index (χ1) is 18.6. The Labute approximate surface area is 227 Å². The second kappa shape index (κ2) is 16.6. The van der Waals surface area contributed by atoms with Crippen LogP contribution in [0.2, 0.25) is 0 Å². The van der Waals surface area contributed by atoms with Crippen molar-refractivity contribution in [3.05, 3.63) is 77.4 Å². The van der Waals surface area contributed by atoms with Crippen LogP contribution in [0.3, 0.4) is 0 Å². The monoisotopic (exact) mass is 551 g/mol. The van der Waals surface area contributed by atoms with Gasteiger partial charge in [0.15, 0.2) is 0 Å². The van der Waals surface area contributed by atoms with Crippen molar-refractivity contribution in [2.75, 3.05) is 13.2 Å². The first-order valence-corrected chi connectivity index (χ1v) is 13.3. The number of rotatable bonds is 18. The number of hydrogen-bond donors (Lipinski definition) is 1.